The van der Waals surface area contributed by atoms with Gasteiger partial charge in [0.05, 0.1) is 0 Å². The average molecular weight is 340 g/mol. The minimum absolute atomic E-state index is 0. The van der Waals surface area contributed by atoms with Gasteiger partial charge < -0.3 is 0 Å². The van der Waals surface area contributed by atoms with E-state index in [-0.39, 0.29) is 22.5 Å². The van der Waals surface area contributed by atoms with Crippen molar-refractivity contribution >= 4 is 6.29 Å². The Bertz CT molecular complexity index is 528. The molecule has 1 aliphatic rings. The molecule has 0 fully saturated rings. The van der Waals surface area contributed by atoms with Crippen LogP contribution in [-0.2, 0) is 21.9 Å². The van der Waals surface area contributed by atoms with Crippen LogP contribution >= 0.6 is 0 Å². The molecule has 0 saturated heterocycles. The van der Waals surface area contributed by atoms with Crippen molar-refractivity contribution in [1.82, 2.24) is 0 Å². The molecule has 0 spiro atoms. The molecule has 0 aliphatic heterocycles. The van der Waals surface area contributed by atoms with E-state index in [4.69, 9.17) is 0 Å². The Hall–Kier alpha value is -1.11. The predicted molar refractivity (Wildman–Crippen MR) is 92.2 cm³/mol. The first-order valence-corrected chi connectivity index (χ1v) is 7.72. The fourth-order valence-corrected chi connectivity index (χ4v) is 2.80. The second-order valence-electron chi connectivity index (χ2n) is 6.58. The smallest absolute Gasteiger partial charge is 0.143 e. The van der Waals surface area contributed by atoms with Gasteiger partial charge in [0.1, 0.15) is 6.29 Å². The Morgan fingerprint density at radius 3 is 2.32 bits per heavy atom. The average Bonchev–Trinajstić information content (AvgIpc) is 2.37. The number of aldehydes is 1. The van der Waals surface area contributed by atoms with E-state index >= 15 is 0 Å². The van der Waals surface area contributed by atoms with Gasteiger partial charge in [-0.05, 0) is 62.7 Å². The van der Waals surface area contributed by atoms with Gasteiger partial charge in [-0.1, -0.05) is 55.4 Å². The van der Waals surface area contributed by atoms with Crippen molar-refractivity contribution in [2.45, 2.75) is 53.9 Å². The molecule has 0 aromatic rings. The van der Waals surface area contributed by atoms with E-state index in [1.165, 1.54) is 36.0 Å². The molecule has 0 radical (unpaired) electrons. The summed E-state index contributed by atoms with van der Waals surface area (Å²) in [7, 11) is 0. The molecule has 0 amide bonds. The van der Waals surface area contributed by atoms with Crippen molar-refractivity contribution in [3.05, 3.63) is 58.7 Å². The Labute approximate surface area is 146 Å². The molecule has 1 aliphatic carbocycles. The number of carbonyl (C=O) groups is 1. The second kappa shape index (κ2) is 9.82. The molecular weight excluding hydrogens is 312 g/mol. The topological polar surface area (TPSA) is 17.1 Å². The van der Waals surface area contributed by atoms with Crippen LogP contribution in [0.4, 0.5) is 0 Å². The van der Waals surface area contributed by atoms with Gasteiger partial charge in [-0.15, -0.1) is 0 Å². The predicted octanol–water partition coefficient (Wildman–Crippen LogP) is 5.71. The van der Waals surface area contributed by atoms with Crippen LogP contribution in [-0.4, -0.2) is 6.29 Å². The summed E-state index contributed by atoms with van der Waals surface area (Å²) in [6.45, 7) is 10.9. The summed E-state index contributed by atoms with van der Waals surface area (Å²) in [6, 6.07) is 0. The van der Waals surface area contributed by atoms with E-state index in [0.29, 0.717) is 0 Å². The Kier molecular flexibility index (Phi) is 9.32. The quantitative estimate of drug-likeness (QED) is 0.271. The third-order valence-electron chi connectivity index (χ3n) is 4.10. The molecule has 0 N–H and O–H groups in total. The summed E-state index contributed by atoms with van der Waals surface area (Å²) < 4.78 is 0. The zero-order valence-electron chi connectivity index (χ0n) is 14.4. The van der Waals surface area contributed by atoms with Crippen LogP contribution in [0.3, 0.4) is 0 Å². The van der Waals surface area contributed by atoms with Gasteiger partial charge in [0.2, 0.25) is 0 Å². The summed E-state index contributed by atoms with van der Waals surface area (Å²) >= 11 is 0. The van der Waals surface area contributed by atoms with Crippen LogP contribution < -0.4 is 0 Å². The Morgan fingerprint density at radius 1 is 1.09 bits per heavy atom. The van der Waals surface area contributed by atoms with E-state index in [9.17, 15) is 4.79 Å². The minimum atomic E-state index is 0. The second-order valence-corrected chi connectivity index (χ2v) is 6.58. The first-order valence-electron chi connectivity index (χ1n) is 7.72. The number of carbonyl (C=O) groups excluding carboxylic acids is 1. The normalized spacial score (nSPS) is 19.7. The molecular formula is C20H28FeO. The molecule has 2 heteroatoms. The Morgan fingerprint density at radius 2 is 1.73 bits per heavy atom. The van der Waals surface area contributed by atoms with E-state index < -0.39 is 0 Å². The summed E-state index contributed by atoms with van der Waals surface area (Å²) in [4.78, 5) is 10.3. The van der Waals surface area contributed by atoms with E-state index in [2.05, 4.69) is 45.9 Å². The van der Waals surface area contributed by atoms with Crippen molar-refractivity contribution in [2.24, 2.45) is 5.41 Å². The number of hydrogen-bond acceptors (Lipinski definition) is 1. The third kappa shape index (κ3) is 6.77. The maximum absolute atomic E-state index is 10.3. The fourth-order valence-electron chi connectivity index (χ4n) is 2.80. The molecule has 1 nitrogen and oxygen atoms in total. The van der Waals surface area contributed by atoms with E-state index in [0.717, 1.165) is 11.9 Å². The van der Waals surface area contributed by atoms with Gasteiger partial charge in [-0.25, -0.2) is 0 Å². The van der Waals surface area contributed by atoms with Crippen molar-refractivity contribution in [2.75, 3.05) is 0 Å². The monoisotopic (exact) mass is 340 g/mol. The molecule has 0 aromatic carbocycles. The molecule has 0 saturated carbocycles. The summed E-state index contributed by atoms with van der Waals surface area (Å²) in [6.07, 6.45) is 16.6. The standard InChI is InChI=1S/C20H28O.Fe/c1-16(8-6-9-17(2)13-15-21)11-12-19-18(3)10-7-14-20(19,4)5;/h6,8-9,11-13,15H,7,10,14H2,1-5H3;/b9-6+,12-11+,16-8+,17-13+;. The fraction of sp³-hybridized carbons (Fsp3) is 0.450. The minimum Gasteiger partial charge on any atom is -0.299 e. The zero-order valence-corrected chi connectivity index (χ0v) is 15.5. The van der Waals surface area contributed by atoms with Crippen LogP contribution in [0.1, 0.15) is 53.9 Å². The summed E-state index contributed by atoms with van der Waals surface area (Å²) in [5, 5.41) is 0. The zero-order chi connectivity index (χ0) is 15.9. The number of rotatable bonds is 5. The molecule has 0 bridgehead atoms. The van der Waals surface area contributed by atoms with Crippen molar-refractivity contribution in [3.63, 3.8) is 0 Å². The van der Waals surface area contributed by atoms with Gasteiger partial charge in [-0.3, -0.25) is 4.79 Å². The maximum Gasteiger partial charge on any atom is 0.143 e. The molecule has 122 valence electrons. The van der Waals surface area contributed by atoms with E-state index in [1.54, 1.807) is 6.08 Å². The molecule has 0 heterocycles. The van der Waals surface area contributed by atoms with Gasteiger partial charge in [-0.2, -0.15) is 0 Å². The van der Waals surface area contributed by atoms with Gasteiger partial charge >= 0.3 is 0 Å². The molecule has 0 aromatic heterocycles. The number of allylic oxidation sites excluding steroid dienone is 10. The van der Waals surface area contributed by atoms with Crippen LogP contribution in [0, 0.1) is 5.41 Å². The molecule has 0 unspecified atom stereocenters. The largest absolute Gasteiger partial charge is 0.299 e. The van der Waals surface area contributed by atoms with Crippen LogP contribution in [0.2, 0.25) is 0 Å². The van der Waals surface area contributed by atoms with Crippen LogP contribution in [0.5, 0.6) is 0 Å². The first kappa shape index (κ1) is 20.9. The SMILES string of the molecule is CC1=C(/C=C/C(C)=C/C=C/C(C)=C/C=O)C(C)(C)CCC1.[Fe]. The van der Waals surface area contributed by atoms with Crippen molar-refractivity contribution < 1.29 is 21.9 Å². The van der Waals surface area contributed by atoms with Gasteiger partial charge in [0.25, 0.3) is 0 Å². The number of hydrogen-bond donors (Lipinski definition) is 0. The Balaban J connectivity index is 0.00000441. The summed E-state index contributed by atoms with van der Waals surface area (Å²) in [5.41, 5.74) is 5.48. The molecule has 0 atom stereocenters. The van der Waals surface area contributed by atoms with Crippen LogP contribution in [0.15, 0.2) is 58.7 Å². The molecule has 1 rings (SSSR count). The van der Waals surface area contributed by atoms with Crippen molar-refractivity contribution in [1.29, 1.82) is 0 Å². The van der Waals surface area contributed by atoms with Gasteiger partial charge in [0, 0.05) is 17.1 Å². The maximum atomic E-state index is 10.3. The van der Waals surface area contributed by atoms with Crippen LogP contribution in [0.25, 0.3) is 0 Å². The molecule has 22 heavy (non-hydrogen) atoms. The third-order valence-corrected chi connectivity index (χ3v) is 4.10. The van der Waals surface area contributed by atoms with Crippen molar-refractivity contribution in [3.8, 4) is 0 Å². The summed E-state index contributed by atoms with van der Waals surface area (Å²) in [5.74, 6) is 0. The van der Waals surface area contributed by atoms with Gasteiger partial charge in [0.15, 0.2) is 0 Å². The van der Waals surface area contributed by atoms with E-state index in [1.807, 2.05) is 19.1 Å². The first-order chi connectivity index (χ1) is 9.86.